The number of aromatic nitrogens is 8. The maximum absolute atomic E-state index is 15.1. The van der Waals surface area contributed by atoms with Crippen LogP contribution in [-0.2, 0) is 32.9 Å². The first-order valence-electron chi connectivity index (χ1n) is 22.6. The Labute approximate surface area is 426 Å². The van der Waals surface area contributed by atoms with Gasteiger partial charge in [-0.05, 0) is 122 Å². The lowest BCUT2D eigenvalue weighted by atomic mass is 9.79. The summed E-state index contributed by atoms with van der Waals surface area (Å²) >= 11 is 2.03. The molecule has 0 unspecified atom stereocenters. The van der Waals surface area contributed by atoms with Crippen LogP contribution in [0, 0.1) is 15.2 Å². The number of methoxy groups -OCH3 is 2. The van der Waals surface area contributed by atoms with Crippen molar-refractivity contribution in [1.82, 2.24) is 39.0 Å². The zero-order chi connectivity index (χ0) is 51.1. The SMILES string of the molecule is COC(=O)c1ccc(-c2c(F)cnc3c2c2cc(-c4cccnc4)ncc2n3C)cc1.COC(=O)c1ccc(B2OC(C)(C)C(C)(C)O2)cc1.Cn1c2cnc(-c3cccnc3)cc2c2c(I)c(F)cnc21. The first kappa shape index (κ1) is 49.4. The van der Waals surface area contributed by atoms with E-state index >= 15 is 4.39 Å². The predicted octanol–water partition coefficient (Wildman–Crippen LogP) is 10.5. The van der Waals surface area contributed by atoms with E-state index in [1.165, 1.54) is 26.6 Å². The number of rotatable bonds is 6. The smallest absolute Gasteiger partial charge is 0.465 e. The molecule has 10 aromatic rings. The van der Waals surface area contributed by atoms with E-state index < -0.39 is 18.9 Å². The van der Waals surface area contributed by atoms with Crippen molar-refractivity contribution in [1.29, 1.82) is 0 Å². The molecule has 72 heavy (non-hydrogen) atoms. The highest BCUT2D eigenvalue weighted by Crippen LogP contribution is 2.39. The summed E-state index contributed by atoms with van der Waals surface area (Å²) < 4.78 is 54.7. The van der Waals surface area contributed by atoms with Crippen LogP contribution >= 0.6 is 22.6 Å². The summed E-state index contributed by atoms with van der Waals surface area (Å²) in [5.74, 6) is -1.53. The van der Waals surface area contributed by atoms with Gasteiger partial charge in [0.05, 0.1) is 87.3 Å². The third-order valence-corrected chi connectivity index (χ3v) is 14.0. The average molecular weight is 1080 g/mol. The first-order valence-corrected chi connectivity index (χ1v) is 23.6. The van der Waals surface area contributed by atoms with Crippen LogP contribution < -0.4 is 5.46 Å². The lowest BCUT2D eigenvalue weighted by Gasteiger charge is -2.32. The van der Waals surface area contributed by atoms with Crippen LogP contribution in [0.4, 0.5) is 8.78 Å². The van der Waals surface area contributed by atoms with Gasteiger partial charge in [0.25, 0.3) is 0 Å². The molecule has 0 N–H and O–H groups in total. The fourth-order valence-electron chi connectivity index (χ4n) is 8.39. The number of esters is 2. The van der Waals surface area contributed by atoms with E-state index in [-0.39, 0.29) is 23.0 Å². The van der Waals surface area contributed by atoms with Crippen LogP contribution in [0.5, 0.6) is 0 Å². The minimum Gasteiger partial charge on any atom is -0.465 e. The lowest BCUT2D eigenvalue weighted by molar-refractivity contribution is 0.00578. The Morgan fingerprint density at radius 1 is 0.597 bits per heavy atom. The largest absolute Gasteiger partial charge is 0.494 e. The summed E-state index contributed by atoms with van der Waals surface area (Å²) in [5.41, 5.74) is 8.68. The van der Waals surface area contributed by atoms with Gasteiger partial charge in [-0.15, -0.1) is 0 Å². The Hall–Kier alpha value is -7.55. The Morgan fingerprint density at radius 2 is 1.06 bits per heavy atom. The van der Waals surface area contributed by atoms with Gasteiger partial charge in [-0.1, -0.05) is 24.3 Å². The molecular weight excluding hydrogens is 1030 g/mol. The van der Waals surface area contributed by atoms with E-state index in [1.54, 1.807) is 73.6 Å². The highest BCUT2D eigenvalue weighted by molar-refractivity contribution is 14.1. The van der Waals surface area contributed by atoms with Crippen LogP contribution in [-0.4, -0.2) is 83.5 Å². The molecule has 9 heterocycles. The second kappa shape index (κ2) is 19.9. The van der Waals surface area contributed by atoms with Gasteiger partial charge in [-0.2, -0.15) is 0 Å². The molecule has 1 saturated heterocycles. The van der Waals surface area contributed by atoms with Crippen molar-refractivity contribution in [2.24, 2.45) is 14.1 Å². The third-order valence-electron chi connectivity index (χ3n) is 13.0. The molecule has 0 aliphatic carbocycles. The number of carbonyl (C=O) groups excluding carboxylic acids is 2. The van der Waals surface area contributed by atoms with E-state index in [1.807, 2.05) is 122 Å². The van der Waals surface area contributed by atoms with Gasteiger partial charge in [0.2, 0.25) is 0 Å². The molecular formula is C54H46BF2IN8O6. The van der Waals surface area contributed by atoms with E-state index in [2.05, 4.69) is 34.6 Å². The molecule has 1 aliphatic rings. The lowest BCUT2D eigenvalue weighted by Crippen LogP contribution is -2.41. The number of pyridine rings is 6. The number of aryl methyl sites for hydroxylation is 2. The fourth-order valence-corrected chi connectivity index (χ4v) is 9.06. The van der Waals surface area contributed by atoms with Crippen molar-refractivity contribution >= 4 is 91.0 Å². The number of hydrogen-bond donors (Lipinski definition) is 0. The molecule has 1 aliphatic heterocycles. The summed E-state index contributed by atoms with van der Waals surface area (Å²) in [5, 5.41) is 3.30. The molecule has 2 aromatic carbocycles. The number of fused-ring (bicyclic) bond motifs is 6. The average Bonchev–Trinajstić information content (AvgIpc) is 3.95. The fraction of sp³-hybridized carbons (Fsp3) is 0.185. The van der Waals surface area contributed by atoms with Gasteiger partial charge in [0, 0.05) is 77.1 Å². The van der Waals surface area contributed by atoms with Gasteiger partial charge in [0.15, 0.2) is 5.82 Å². The molecule has 0 spiro atoms. The number of ether oxygens (including phenoxy) is 2. The Kier molecular flexibility index (Phi) is 13.7. The molecule has 18 heteroatoms. The normalized spacial score (nSPS) is 13.7. The van der Waals surface area contributed by atoms with Crippen molar-refractivity contribution < 1.29 is 37.2 Å². The molecule has 362 valence electrons. The maximum Gasteiger partial charge on any atom is 0.494 e. The highest BCUT2D eigenvalue weighted by Gasteiger charge is 2.51. The number of benzene rings is 2. The van der Waals surface area contributed by atoms with Crippen molar-refractivity contribution in [2.75, 3.05) is 14.2 Å². The van der Waals surface area contributed by atoms with Crippen LogP contribution in [0.3, 0.4) is 0 Å². The van der Waals surface area contributed by atoms with Crippen LogP contribution in [0.25, 0.3) is 77.5 Å². The van der Waals surface area contributed by atoms with Crippen LogP contribution in [0.2, 0.25) is 0 Å². The number of carbonyl (C=O) groups is 2. The summed E-state index contributed by atoms with van der Waals surface area (Å²) in [6.07, 6.45) is 13.0. The van der Waals surface area contributed by atoms with Crippen molar-refractivity contribution in [3.8, 4) is 33.6 Å². The van der Waals surface area contributed by atoms with Crippen molar-refractivity contribution in [3.63, 3.8) is 0 Å². The summed E-state index contributed by atoms with van der Waals surface area (Å²) in [4.78, 5) is 49.0. The zero-order valence-corrected chi connectivity index (χ0v) is 42.6. The maximum atomic E-state index is 15.1. The molecule has 1 fully saturated rings. The summed E-state index contributed by atoms with van der Waals surface area (Å²) in [6, 6.07) is 25.3. The molecule has 0 amide bonds. The molecule has 0 saturated carbocycles. The van der Waals surface area contributed by atoms with Gasteiger partial charge in [-0.3, -0.25) is 19.9 Å². The summed E-state index contributed by atoms with van der Waals surface area (Å²) in [7, 11) is 6.08. The van der Waals surface area contributed by atoms with Gasteiger partial charge >= 0.3 is 19.1 Å². The molecule has 0 radical (unpaired) electrons. The zero-order valence-electron chi connectivity index (χ0n) is 40.4. The first-order chi connectivity index (χ1) is 34.5. The quantitative estimate of drug-likeness (QED) is 0.0883. The molecule has 0 atom stereocenters. The molecule has 11 rings (SSSR count). The topological polar surface area (TPSA) is 158 Å². The van der Waals surface area contributed by atoms with E-state index in [0.29, 0.717) is 36.9 Å². The Balaban J connectivity index is 0.000000138. The van der Waals surface area contributed by atoms with Crippen molar-refractivity contribution in [3.05, 3.63) is 161 Å². The van der Waals surface area contributed by atoms with E-state index in [9.17, 15) is 14.0 Å². The van der Waals surface area contributed by atoms with E-state index in [4.69, 9.17) is 14.0 Å². The molecule has 0 bridgehead atoms. The van der Waals surface area contributed by atoms with Gasteiger partial charge in [0.1, 0.15) is 17.1 Å². The molecule has 8 aromatic heterocycles. The second-order valence-corrected chi connectivity index (χ2v) is 18.9. The van der Waals surface area contributed by atoms with E-state index in [0.717, 1.165) is 60.8 Å². The summed E-state index contributed by atoms with van der Waals surface area (Å²) in [6.45, 7) is 8.04. The third kappa shape index (κ3) is 9.28. The Bertz CT molecular complexity index is 3660. The second-order valence-electron chi connectivity index (χ2n) is 17.8. The number of nitrogens with zero attached hydrogens (tertiary/aromatic N) is 8. The van der Waals surface area contributed by atoms with Gasteiger partial charge < -0.3 is 27.9 Å². The molecule has 14 nitrogen and oxygen atoms in total. The monoisotopic (exact) mass is 1080 g/mol. The highest BCUT2D eigenvalue weighted by atomic mass is 127. The Morgan fingerprint density at radius 3 is 1.53 bits per heavy atom. The number of halogens is 3. The van der Waals surface area contributed by atoms with Crippen molar-refractivity contribution in [2.45, 2.75) is 38.9 Å². The minimum atomic E-state index is -0.441. The standard InChI is InChI=1S/C24H17FN4O2.C16H10FIN4.C14H19BO4/c1-29-20-13-27-19(16-4-3-9-26-11-16)10-17(20)22-21(18(25)12-28-23(22)29)14-5-7-15(8-6-14)24(30)31-2;1-22-13-8-20-12(9-3-2-4-19-6-9)5-10(13)14-15(18)11(17)7-21-16(14)22;1-13(2)14(3,4)19-15(18-13)11-8-6-10(7-9-11)12(16)17-5/h3-13H,1-2H3;2-8H,1H3;6-9H,1-5H3. The van der Waals surface area contributed by atoms with Gasteiger partial charge in [-0.25, -0.2) is 28.3 Å². The predicted molar refractivity (Wildman–Crippen MR) is 281 cm³/mol. The number of hydrogen-bond acceptors (Lipinski definition) is 12. The van der Waals surface area contributed by atoms with Crippen LogP contribution in [0.1, 0.15) is 48.4 Å². The van der Waals surface area contributed by atoms with Crippen LogP contribution in [0.15, 0.2) is 135 Å². The minimum absolute atomic E-state index is 0.305.